The molecule has 2 aromatic carbocycles. The molecule has 0 aliphatic heterocycles. The summed E-state index contributed by atoms with van der Waals surface area (Å²) < 4.78 is 15.2. The Morgan fingerprint density at radius 1 is 0.926 bits per heavy atom. The van der Waals surface area contributed by atoms with Crippen LogP contribution in [0.2, 0.25) is 0 Å². The maximum atomic E-state index is 13.6. The number of nitrogens with zero attached hydrogens (tertiary/aromatic N) is 2. The maximum absolute atomic E-state index is 13.6. The molecule has 0 amide bonds. The first-order chi connectivity index (χ1) is 12.9. The standard InChI is InChI=1S/C23H19FN2O/c1-14-7-15(2)9-17(8-14)21-12-22-18(13-25-21)11-20(23(27)26(22)3)16-5-4-6-19(24)10-16/h4-13H,1-3H3. The third kappa shape index (κ3) is 3.14. The molecule has 3 nitrogen and oxygen atoms in total. The van der Waals surface area contributed by atoms with E-state index in [4.69, 9.17) is 0 Å². The Kier molecular flexibility index (Phi) is 4.11. The summed E-state index contributed by atoms with van der Waals surface area (Å²) in [5, 5.41) is 0.837. The Balaban J connectivity index is 1.92. The summed E-state index contributed by atoms with van der Waals surface area (Å²) in [6, 6.07) is 16.1. The minimum Gasteiger partial charge on any atom is -0.311 e. The van der Waals surface area contributed by atoms with Gasteiger partial charge < -0.3 is 4.57 Å². The van der Waals surface area contributed by atoms with E-state index in [1.165, 1.54) is 23.3 Å². The van der Waals surface area contributed by atoms with E-state index >= 15 is 0 Å². The molecular weight excluding hydrogens is 339 g/mol. The Morgan fingerprint density at radius 3 is 2.37 bits per heavy atom. The molecule has 27 heavy (non-hydrogen) atoms. The van der Waals surface area contributed by atoms with Crippen molar-refractivity contribution in [2.24, 2.45) is 7.05 Å². The van der Waals surface area contributed by atoms with Crippen LogP contribution in [-0.2, 0) is 7.05 Å². The highest BCUT2D eigenvalue weighted by atomic mass is 19.1. The molecule has 0 radical (unpaired) electrons. The van der Waals surface area contributed by atoms with Gasteiger partial charge in [-0.05, 0) is 55.8 Å². The molecule has 0 unspecified atom stereocenters. The van der Waals surface area contributed by atoms with Gasteiger partial charge in [0.2, 0.25) is 0 Å². The maximum Gasteiger partial charge on any atom is 0.258 e. The van der Waals surface area contributed by atoms with Gasteiger partial charge in [0.05, 0.1) is 11.2 Å². The van der Waals surface area contributed by atoms with Crippen LogP contribution >= 0.6 is 0 Å². The molecule has 0 atom stereocenters. The Labute approximate surface area is 156 Å². The highest BCUT2D eigenvalue weighted by molar-refractivity contribution is 5.86. The predicted molar refractivity (Wildman–Crippen MR) is 107 cm³/mol. The zero-order chi connectivity index (χ0) is 19.1. The average Bonchev–Trinajstić information content (AvgIpc) is 2.63. The van der Waals surface area contributed by atoms with Gasteiger partial charge in [0.25, 0.3) is 5.56 Å². The van der Waals surface area contributed by atoms with Crippen molar-refractivity contribution in [3.8, 4) is 22.4 Å². The molecular formula is C23H19FN2O. The van der Waals surface area contributed by atoms with Crippen LogP contribution < -0.4 is 5.56 Å². The summed E-state index contributed by atoms with van der Waals surface area (Å²) in [4.78, 5) is 17.5. The molecule has 134 valence electrons. The Bertz CT molecular complexity index is 1220. The van der Waals surface area contributed by atoms with Crippen molar-refractivity contribution in [2.45, 2.75) is 13.8 Å². The second kappa shape index (κ2) is 6.47. The first-order valence-electron chi connectivity index (χ1n) is 8.77. The third-order valence-electron chi connectivity index (χ3n) is 4.76. The lowest BCUT2D eigenvalue weighted by atomic mass is 10.0. The lowest BCUT2D eigenvalue weighted by molar-refractivity contribution is 0.628. The smallest absolute Gasteiger partial charge is 0.258 e. The van der Waals surface area contributed by atoms with Crippen molar-refractivity contribution < 1.29 is 4.39 Å². The molecule has 0 N–H and O–H groups in total. The van der Waals surface area contributed by atoms with E-state index in [2.05, 4.69) is 37.0 Å². The number of benzene rings is 2. The number of rotatable bonds is 2. The molecule has 0 aliphatic rings. The summed E-state index contributed by atoms with van der Waals surface area (Å²) >= 11 is 0. The van der Waals surface area contributed by atoms with Gasteiger partial charge in [0, 0.05) is 29.8 Å². The molecule has 0 saturated heterocycles. The minimum atomic E-state index is -0.363. The van der Waals surface area contributed by atoms with Crippen molar-refractivity contribution >= 4 is 10.9 Å². The zero-order valence-corrected chi connectivity index (χ0v) is 15.5. The van der Waals surface area contributed by atoms with Crippen LogP contribution in [0, 0.1) is 19.7 Å². The second-order valence-electron chi connectivity index (χ2n) is 6.94. The Hall–Kier alpha value is -3.27. The fourth-order valence-corrected chi connectivity index (χ4v) is 3.51. The van der Waals surface area contributed by atoms with Crippen LogP contribution in [0.1, 0.15) is 11.1 Å². The number of aromatic nitrogens is 2. The van der Waals surface area contributed by atoms with Crippen LogP contribution in [0.5, 0.6) is 0 Å². The van der Waals surface area contributed by atoms with Crippen molar-refractivity contribution in [1.29, 1.82) is 0 Å². The molecule has 4 rings (SSSR count). The number of hydrogen-bond donors (Lipinski definition) is 0. The number of aryl methyl sites for hydroxylation is 3. The van der Waals surface area contributed by atoms with Gasteiger partial charge in [0.15, 0.2) is 0 Å². The fourth-order valence-electron chi connectivity index (χ4n) is 3.51. The monoisotopic (exact) mass is 358 g/mol. The number of hydrogen-bond acceptors (Lipinski definition) is 2. The summed E-state index contributed by atoms with van der Waals surface area (Å²) in [6.45, 7) is 4.11. The van der Waals surface area contributed by atoms with Crippen molar-refractivity contribution in [2.75, 3.05) is 0 Å². The molecule has 0 saturated carbocycles. The summed E-state index contributed by atoms with van der Waals surface area (Å²) in [5.74, 6) is -0.363. The van der Waals surface area contributed by atoms with Gasteiger partial charge in [-0.15, -0.1) is 0 Å². The number of fused-ring (bicyclic) bond motifs is 1. The number of halogens is 1. The highest BCUT2D eigenvalue weighted by Gasteiger charge is 2.11. The van der Waals surface area contributed by atoms with Crippen LogP contribution in [0.4, 0.5) is 4.39 Å². The van der Waals surface area contributed by atoms with E-state index in [9.17, 15) is 9.18 Å². The van der Waals surface area contributed by atoms with Gasteiger partial charge in [-0.3, -0.25) is 9.78 Å². The first-order valence-corrected chi connectivity index (χ1v) is 8.77. The van der Waals surface area contributed by atoms with Crippen molar-refractivity contribution in [3.63, 3.8) is 0 Å². The quantitative estimate of drug-likeness (QED) is 0.504. The van der Waals surface area contributed by atoms with Crippen LogP contribution in [-0.4, -0.2) is 9.55 Å². The molecule has 0 fully saturated rings. The van der Waals surface area contributed by atoms with Gasteiger partial charge in [-0.2, -0.15) is 0 Å². The van der Waals surface area contributed by atoms with Crippen LogP contribution in [0.25, 0.3) is 33.3 Å². The second-order valence-corrected chi connectivity index (χ2v) is 6.94. The minimum absolute atomic E-state index is 0.161. The largest absolute Gasteiger partial charge is 0.311 e. The van der Waals surface area contributed by atoms with E-state index in [1.54, 1.807) is 36.0 Å². The predicted octanol–water partition coefficient (Wildman–Crippen LogP) is 5.02. The summed E-state index contributed by atoms with van der Waals surface area (Å²) in [6.07, 6.45) is 1.77. The van der Waals surface area contributed by atoms with Gasteiger partial charge in [-0.25, -0.2) is 4.39 Å². The average molecular weight is 358 g/mol. The topological polar surface area (TPSA) is 34.9 Å². The van der Waals surface area contributed by atoms with Gasteiger partial charge >= 0.3 is 0 Å². The molecule has 2 aromatic heterocycles. The zero-order valence-electron chi connectivity index (χ0n) is 15.5. The lowest BCUT2D eigenvalue weighted by Crippen LogP contribution is -2.19. The molecule has 0 bridgehead atoms. The van der Waals surface area contributed by atoms with E-state index in [0.717, 1.165) is 22.2 Å². The SMILES string of the molecule is Cc1cc(C)cc(-c2cc3c(cn2)cc(-c2cccc(F)c2)c(=O)n3C)c1. The summed E-state index contributed by atoms with van der Waals surface area (Å²) in [5.41, 5.74) is 5.85. The lowest BCUT2D eigenvalue weighted by Gasteiger charge is -2.11. The van der Waals surface area contributed by atoms with Crippen LogP contribution in [0.3, 0.4) is 0 Å². The van der Waals surface area contributed by atoms with Crippen LogP contribution in [0.15, 0.2) is 65.6 Å². The highest BCUT2D eigenvalue weighted by Crippen LogP contribution is 2.26. The van der Waals surface area contributed by atoms with E-state index in [0.29, 0.717) is 11.1 Å². The van der Waals surface area contributed by atoms with Gasteiger partial charge in [0.1, 0.15) is 5.82 Å². The molecule has 4 heteroatoms. The molecule has 0 spiro atoms. The number of pyridine rings is 2. The van der Waals surface area contributed by atoms with E-state index in [-0.39, 0.29) is 11.4 Å². The fraction of sp³-hybridized carbons (Fsp3) is 0.130. The third-order valence-corrected chi connectivity index (χ3v) is 4.76. The molecule has 0 aliphatic carbocycles. The van der Waals surface area contributed by atoms with Gasteiger partial charge in [-0.1, -0.05) is 29.3 Å². The Morgan fingerprint density at radius 2 is 1.67 bits per heavy atom. The first kappa shape index (κ1) is 17.2. The normalized spacial score (nSPS) is 11.1. The molecule has 4 aromatic rings. The van der Waals surface area contributed by atoms with Crippen molar-refractivity contribution in [3.05, 3.63) is 88.1 Å². The molecule has 2 heterocycles. The van der Waals surface area contributed by atoms with E-state index in [1.807, 2.05) is 6.07 Å². The van der Waals surface area contributed by atoms with E-state index < -0.39 is 0 Å². The van der Waals surface area contributed by atoms with Crippen molar-refractivity contribution in [1.82, 2.24) is 9.55 Å². The summed E-state index contributed by atoms with van der Waals surface area (Å²) in [7, 11) is 1.73.